The minimum Gasteiger partial charge on any atom is -0.349 e. The number of carbonyl (C=O) groups is 1. The average molecular weight is 275 g/mol. The Morgan fingerprint density at radius 2 is 1.85 bits per heavy atom. The van der Waals surface area contributed by atoms with Gasteiger partial charge >= 0.3 is 0 Å². The Labute approximate surface area is 116 Å². The van der Waals surface area contributed by atoms with Crippen LogP contribution in [0, 0.1) is 11.6 Å². The van der Waals surface area contributed by atoms with Crippen molar-refractivity contribution >= 4 is 5.78 Å². The van der Waals surface area contributed by atoms with Gasteiger partial charge in [-0.2, -0.15) is 0 Å². The van der Waals surface area contributed by atoms with E-state index in [0.717, 1.165) is 36.5 Å². The molecule has 2 nitrogen and oxygen atoms in total. The number of ketones is 1. The first-order valence-corrected chi connectivity index (χ1v) is 6.79. The summed E-state index contributed by atoms with van der Waals surface area (Å²) in [6, 6.07) is 3.89. The molecular formula is C16H15F2NO. The van der Waals surface area contributed by atoms with Crippen LogP contribution in [0.15, 0.2) is 30.6 Å². The van der Waals surface area contributed by atoms with Crippen molar-refractivity contribution in [3.05, 3.63) is 58.9 Å². The Morgan fingerprint density at radius 1 is 1.05 bits per heavy atom. The Morgan fingerprint density at radius 3 is 2.65 bits per heavy atom. The number of aromatic nitrogens is 1. The van der Waals surface area contributed by atoms with Gasteiger partial charge in [-0.1, -0.05) is 6.07 Å². The summed E-state index contributed by atoms with van der Waals surface area (Å²) in [5.41, 5.74) is 2.53. The molecule has 3 rings (SSSR count). The molecule has 1 aromatic heterocycles. The molecule has 0 saturated carbocycles. The third-order valence-corrected chi connectivity index (χ3v) is 3.71. The molecule has 1 aliphatic rings. The largest absolute Gasteiger partial charge is 0.349 e. The minimum absolute atomic E-state index is 0.182. The lowest BCUT2D eigenvalue weighted by molar-refractivity contribution is 0.0982. The molecule has 0 fully saturated rings. The van der Waals surface area contributed by atoms with Gasteiger partial charge < -0.3 is 4.57 Å². The number of Topliss-reactive ketones (excluding diaryl/α,β-unsaturated/α-hetero) is 1. The second-order valence-corrected chi connectivity index (χ2v) is 5.25. The van der Waals surface area contributed by atoms with Crippen LogP contribution in [0.1, 0.15) is 40.7 Å². The molecule has 0 atom stereocenters. The fourth-order valence-corrected chi connectivity index (χ4v) is 2.68. The van der Waals surface area contributed by atoms with E-state index >= 15 is 0 Å². The molecule has 0 aliphatic heterocycles. The zero-order valence-electron chi connectivity index (χ0n) is 11.0. The lowest BCUT2D eigenvalue weighted by atomic mass is 10.1. The Balaban J connectivity index is 1.86. The highest BCUT2D eigenvalue weighted by Gasteiger charge is 2.17. The van der Waals surface area contributed by atoms with Gasteiger partial charge in [-0.05, 0) is 42.5 Å². The van der Waals surface area contributed by atoms with Crippen LogP contribution in [0.25, 0.3) is 0 Å². The van der Waals surface area contributed by atoms with Crippen LogP contribution in [0.4, 0.5) is 8.78 Å². The van der Waals surface area contributed by atoms with Crippen LogP contribution in [0.2, 0.25) is 0 Å². The van der Waals surface area contributed by atoms with Gasteiger partial charge in [0.05, 0.1) is 0 Å². The van der Waals surface area contributed by atoms with E-state index in [1.807, 2.05) is 17.0 Å². The van der Waals surface area contributed by atoms with Crippen LogP contribution in [-0.2, 0) is 13.0 Å². The van der Waals surface area contributed by atoms with Crippen LogP contribution in [0.3, 0.4) is 0 Å². The van der Waals surface area contributed by atoms with Gasteiger partial charge in [0.15, 0.2) is 17.4 Å². The van der Waals surface area contributed by atoms with Crippen molar-refractivity contribution in [2.24, 2.45) is 0 Å². The maximum Gasteiger partial charge on any atom is 0.164 e. The molecule has 0 amide bonds. The average Bonchev–Trinajstić information content (AvgIpc) is 2.74. The van der Waals surface area contributed by atoms with Crippen molar-refractivity contribution in [3.8, 4) is 0 Å². The summed E-state index contributed by atoms with van der Waals surface area (Å²) in [7, 11) is 0. The molecule has 0 spiro atoms. The fraction of sp³-hybridized carbons (Fsp3) is 0.312. The lowest BCUT2D eigenvalue weighted by Crippen LogP contribution is -2.00. The number of benzene rings is 1. The van der Waals surface area contributed by atoms with Crippen LogP contribution >= 0.6 is 0 Å². The molecule has 104 valence electrons. The highest BCUT2D eigenvalue weighted by atomic mass is 19.2. The maximum absolute atomic E-state index is 13.2. The minimum atomic E-state index is -0.841. The fourth-order valence-electron chi connectivity index (χ4n) is 2.68. The topological polar surface area (TPSA) is 22.0 Å². The lowest BCUT2D eigenvalue weighted by Gasteiger charge is -2.04. The zero-order chi connectivity index (χ0) is 14.1. The third kappa shape index (κ3) is 2.50. The number of halogens is 2. The van der Waals surface area contributed by atoms with Crippen molar-refractivity contribution in [3.63, 3.8) is 0 Å². The summed E-state index contributed by atoms with van der Waals surface area (Å²) in [5.74, 6) is -1.50. The smallest absolute Gasteiger partial charge is 0.164 e. The van der Waals surface area contributed by atoms with Gasteiger partial charge in [0.2, 0.25) is 0 Å². The van der Waals surface area contributed by atoms with Crippen LogP contribution < -0.4 is 0 Å². The number of aryl methyl sites for hydroxylation is 1. The molecule has 20 heavy (non-hydrogen) atoms. The number of hydrogen-bond donors (Lipinski definition) is 0. The van der Waals surface area contributed by atoms with Gasteiger partial charge in [-0.3, -0.25) is 4.79 Å². The second kappa shape index (κ2) is 5.19. The van der Waals surface area contributed by atoms with E-state index in [1.54, 1.807) is 6.07 Å². The Kier molecular flexibility index (Phi) is 3.38. The van der Waals surface area contributed by atoms with E-state index in [-0.39, 0.29) is 5.78 Å². The first-order valence-electron chi connectivity index (χ1n) is 6.79. The number of hydrogen-bond acceptors (Lipinski definition) is 1. The van der Waals surface area contributed by atoms with E-state index in [2.05, 4.69) is 0 Å². The zero-order valence-corrected chi connectivity index (χ0v) is 11.0. The van der Waals surface area contributed by atoms with Crippen molar-refractivity contribution in [1.82, 2.24) is 4.57 Å². The van der Waals surface area contributed by atoms with Crippen molar-refractivity contribution < 1.29 is 13.6 Å². The highest BCUT2D eigenvalue weighted by molar-refractivity contribution is 5.97. The summed E-state index contributed by atoms with van der Waals surface area (Å²) < 4.78 is 28.0. The molecular weight excluding hydrogens is 260 g/mol. The quantitative estimate of drug-likeness (QED) is 0.766. The van der Waals surface area contributed by atoms with Gasteiger partial charge in [0.25, 0.3) is 0 Å². The van der Waals surface area contributed by atoms with Crippen molar-refractivity contribution in [1.29, 1.82) is 0 Å². The van der Waals surface area contributed by atoms with E-state index in [1.165, 1.54) is 6.07 Å². The van der Waals surface area contributed by atoms with Crippen LogP contribution in [-0.4, -0.2) is 10.4 Å². The first kappa shape index (κ1) is 13.0. The molecule has 0 radical (unpaired) electrons. The third-order valence-electron chi connectivity index (χ3n) is 3.71. The summed E-state index contributed by atoms with van der Waals surface area (Å²) in [6.45, 7) is 0.442. The van der Waals surface area contributed by atoms with E-state index in [4.69, 9.17) is 0 Å². The predicted molar refractivity (Wildman–Crippen MR) is 71.8 cm³/mol. The van der Waals surface area contributed by atoms with E-state index < -0.39 is 11.6 Å². The van der Waals surface area contributed by atoms with Gasteiger partial charge in [0.1, 0.15) is 0 Å². The van der Waals surface area contributed by atoms with Gasteiger partial charge in [-0.15, -0.1) is 0 Å². The Bertz CT molecular complexity index is 660. The number of nitrogens with zero attached hydrogens (tertiary/aromatic N) is 1. The number of carbonyl (C=O) groups excluding carboxylic acids is 1. The maximum atomic E-state index is 13.2. The van der Waals surface area contributed by atoms with Crippen molar-refractivity contribution in [2.45, 2.75) is 32.2 Å². The molecule has 0 N–H and O–H groups in total. The molecule has 1 aliphatic carbocycles. The highest BCUT2D eigenvalue weighted by Crippen LogP contribution is 2.22. The first-order chi connectivity index (χ1) is 9.63. The monoisotopic (exact) mass is 275 g/mol. The Hall–Kier alpha value is -1.97. The normalized spacial score (nSPS) is 15.0. The summed E-state index contributed by atoms with van der Waals surface area (Å²) in [4.78, 5) is 11.9. The van der Waals surface area contributed by atoms with Crippen LogP contribution in [0.5, 0.6) is 0 Å². The summed E-state index contributed by atoms with van der Waals surface area (Å²) in [5, 5.41) is 0. The second-order valence-electron chi connectivity index (χ2n) is 5.25. The van der Waals surface area contributed by atoms with Crippen molar-refractivity contribution in [2.75, 3.05) is 0 Å². The van der Waals surface area contributed by atoms with Gasteiger partial charge in [-0.25, -0.2) is 8.78 Å². The molecule has 0 unspecified atom stereocenters. The van der Waals surface area contributed by atoms with Gasteiger partial charge in [0, 0.05) is 30.9 Å². The number of fused-ring (bicyclic) bond motifs is 1. The molecule has 1 aromatic carbocycles. The molecule has 4 heteroatoms. The van der Waals surface area contributed by atoms with E-state index in [9.17, 15) is 13.6 Å². The molecule has 1 heterocycles. The van der Waals surface area contributed by atoms with E-state index in [0.29, 0.717) is 18.5 Å². The standard InChI is InChI=1S/C16H15F2NO/c17-14-6-5-11(7-15(14)18)8-19-9-12-3-1-2-4-16(20)13(12)10-19/h5-7,9-10H,1-4,8H2. The molecule has 0 saturated heterocycles. The summed E-state index contributed by atoms with van der Waals surface area (Å²) in [6.07, 6.45) is 7.24. The number of rotatable bonds is 2. The molecule has 2 aromatic rings. The summed E-state index contributed by atoms with van der Waals surface area (Å²) >= 11 is 0. The SMILES string of the molecule is O=C1CCCCc2cn(Cc3ccc(F)c(F)c3)cc21. The predicted octanol–water partition coefficient (Wildman–Crippen LogP) is 3.72. The molecule has 0 bridgehead atoms.